The van der Waals surface area contributed by atoms with Crippen molar-refractivity contribution in [3.63, 3.8) is 0 Å². The Balaban J connectivity index is 0.000000204. The second-order valence-corrected chi connectivity index (χ2v) is 7.31. The predicted octanol–water partition coefficient (Wildman–Crippen LogP) is 3.12. The molecule has 1 saturated carbocycles. The zero-order chi connectivity index (χ0) is 18.0. The fraction of sp³-hybridized carbons (Fsp3) is 0.381. The van der Waals surface area contributed by atoms with Crippen molar-refractivity contribution in [1.29, 1.82) is 0 Å². The summed E-state index contributed by atoms with van der Waals surface area (Å²) in [5, 5.41) is 0. The molecule has 0 aromatic heterocycles. The first kappa shape index (κ1) is 17.0. The molecule has 0 radical (unpaired) electrons. The number of aliphatic imine (C=N–C) groups is 1. The Morgan fingerprint density at radius 2 is 1.73 bits per heavy atom. The topological polar surface area (TPSA) is 50.9 Å². The van der Waals surface area contributed by atoms with Crippen molar-refractivity contribution in [3.8, 4) is 0 Å². The van der Waals surface area contributed by atoms with Crippen LogP contribution in [-0.4, -0.2) is 35.7 Å². The van der Waals surface area contributed by atoms with Crippen molar-refractivity contribution >= 4 is 6.02 Å². The zero-order valence-electron chi connectivity index (χ0n) is 14.8. The van der Waals surface area contributed by atoms with Crippen molar-refractivity contribution in [3.05, 3.63) is 71.5 Å². The second kappa shape index (κ2) is 7.08. The Morgan fingerprint density at radius 3 is 2.38 bits per heavy atom. The molecule has 1 fully saturated rings. The normalized spacial score (nSPS) is 26.2. The van der Waals surface area contributed by atoms with E-state index in [2.05, 4.69) is 29.2 Å². The number of amidine groups is 1. The molecule has 2 aliphatic heterocycles. The molecule has 2 aromatic rings. The van der Waals surface area contributed by atoms with Gasteiger partial charge in [-0.05, 0) is 42.5 Å². The van der Waals surface area contributed by atoms with Crippen molar-refractivity contribution in [2.75, 3.05) is 13.2 Å². The van der Waals surface area contributed by atoms with Gasteiger partial charge in [-0.2, -0.15) is 0 Å². The van der Waals surface area contributed by atoms with E-state index >= 15 is 0 Å². The van der Waals surface area contributed by atoms with E-state index in [4.69, 9.17) is 15.5 Å². The first-order valence-electron chi connectivity index (χ1n) is 9.14. The summed E-state index contributed by atoms with van der Waals surface area (Å²) >= 11 is 0. The highest BCUT2D eigenvalue weighted by Crippen LogP contribution is 2.39. The van der Waals surface area contributed by atoms with E-state index in [-0.39, 0.29) is 11.4 Å². The van der Waals surface area contributed by atoms with Gasteiger partial charge in [0.25, 0.3) is 6.02 Å². The van der Waals surface area contributed by atoms with Crippen molar-refractivity contribution in [1.82, 2.24) is 4.90 Å². The number of hydrogen-bond acceptors (Lipinski definition) is 4. The standard InChI is InChI=1S/C15H19N3O.C6H5F/c16-13-7-15(8-13)10-19-14(17-15)18-6-5-11-3-1-2-4-12(11)9-18;7-6-4-2-1-3-5-6/h1-4,13H,5-10,16H2;1-5H. The molecule has 0 bridgehead atoms. The Labute approximate surface area is 153 Å². The smallest absolute Gasteiger partial charge is 0.288 e. The Hall–Kier alpha value is -2.40. The molecule has 26 heavy (non-hydrogen) atoms. The van der Waals surface area contributed by atoms with Gasteiger partial charge in [0, 0.05) is 19.1 Å². The van der Waals surface area contributed by atoms with E-state index < -0.39 is 0 Å². The third kappa shape index (κ3) is 3.58. The predicted molar refractivity (Wildman–Crippen MR) is 100 cm³/mol. The van der Waals surface area contributed by atoms with Gasteiger partial charge < -0.3 is 15.4 Å². The molecule has 4 nitrogen and oxygen atoms in total. The van der Waals surface area contributed by atoms with E-state index in [9.17, 15) is 4.39 Å². The van der Waals surface area contributed by atoms with Gasteiger partial charge in [0.05, 0.1) is 0 Å². The minimum atomic E-state index is -0.178. The summed E-state index contributed by atoms with van der Waals surface area (Å²) in [5.74, 6) is -0.178. The number of hydrogen-bond donors (Lipinski definition) is 1. The third-order valence-electron chi connectivity index (χ3n) is 5.22. The minimum Gasteiger partial charge on any atom is -0.463 e. The van der Waals surface area contributed by atoms with Crippen molar-refractivity contribution in [2.24, 2.45) is 10.7 Å². The number of halogens is 1. The van der Waals surface area contributed by atoms with Gasteiger partial charge in [0.1, 0.15) is 18.0 Å². The molecule has 0 unspecified atom stereocenters. The van der Waals surface area contributed by atoms with E-state index in [0.717, 1.165) is 38.4 Å². The summed E-state index contributed by atoms with van der Waals surface area (Å²) in [5.41, 5.74) is 8.74. The summed E-state index contributed by atoms with van der Waals surface area (Å²) in [7, 11) is 0. The molecule has 0 saturated heterocycles. The van der Waals surface area contributed by atoms with Gasteiger partial charge in [-0.1, -0.05) is 42.5 Å². The number of rotatable bonds is 0. The molecule has 2 aromatic carbocycles. The highest BCUT2D eigenvalue weighted by molar-refractivity contribution is 5.76. The van der Waals surface area contributed by atoms with E-state index in [1.54, 1.807) is 18.2 Å². The molecule has 3 aliphatic rings. The minimum absolute atomic E-state index is 0.00567. The SMILES string of the molecule is Fc1ccccc1.NC1CC2(COC(N3CCc4ccccc4C3)=N2)C1. The lowest BCUT2D eigenvalue weighted by Gasteiger charge is -2.38. The quantitative estimate of drug-likeness (QED) is 0.792. The summed E-state index contributed by atoms with van der Waals surface area (Å²) < 4.78 is 17.7. The fourth-order valence-electron chi connectivity index (χ4n) is 3.83. The van der Waals surface area contributed by atoms with Crippen LogP contribution in [0.25, 0.3) is 0 Å². The third-order valence-corrected chi connectivity index (χ3v) is 5.22. The van der Waals surface area contributed by atoms with Gasteiger partial charge in [-0.3, -0.25) is 0 Å². The second-order valence-electron chi connectivity index (χ2n) is 7.31. The molecule has 1 spiro atoms. The van der Waals surface area contributed by atoms with Gasteiger partial charge in [-0.25, -0.2) is 9.38 Å². The van der Waals surface area contributed by atoms with E-state index in [0.29, 0.717) is 12.6 Å². The van der Waals surface area contributed by atoms with Crippen LogP contribution >= 0.6 is 0 Å². The van der Waals surface area contributed by atoms with E-state index in [1.807, 2.05) is 0 Å². The van der Waals surface area contributed by atoms with Crippen LogP contribution in [0.5, 0.6) is 0 Å². The van der Waals surface area contributed by atoms with Gasteiger partial charge in [-0.15, -0.1) is 0 Å². The number of nitrogens with two attached hydrogens (primary N) is 1. The summed E-state index contributed by atoms with van der Waals surface area (Å²) in [6.45, 7) is 2.63. The maximum absolute atomic E-state index is 11.9. The monoisotopic (exact) mass is 353 g/mol. The van der Waals surface area contributed by atoms with Crippen LogP contribution in [0.1, 0.15) is 24.0 Å². The lowest BCUT2D eigenvalue weighted by molar-refractivity contribution is 0.142. The summed E-state index contributed by atoms with van der Waals surface area (Å²) in [4.78, 5) is 7.08. The van der Waals surface area contributed by atoms with Crippen LogP contribution in [0.15, 0.2) is 59.6 Å². The zero-order valence-corrected chi connectivity index (χ0v) is 14.8. The van der Waals surface area contributed by atoms with Crippen molar-refractivity contribution in [2.45, 2.75) is 37.4 Å². The molecule has 0 amide bonds. The molecular formula is C21H24FN3O. The largest absolute Gasteiger partial charge is 0.463 e. The molecular weight excluding hydrogens is 329 g/mol. The van der Waals surface area contributed by atoms with Gasteiger partial charge in [0.15, 0.2) is 0 Å². The Bertz CT molecular complexity index is 787. The maximum Gasteiger partial charge on any atom is 0.288 e. The number of fused-ring (bicyclic) bond motifs is 1. The molecule has 5 heteroatoms. The maximum atomic E-state index is 11.9. The molecule has 1 aliphatic carbocycles. The lowest BCUT2D eigenvalue weighted by atomic mass is 9.74. The highest BCUT2D eigenvalue weighted by Gasteiger charge is 2.48. The average molecular weight is 353 g/mol. The Kier molecular flexibility index (Phi) is 4.64. The summed E-state index contributed by atoms with van der Waals surface area (Å²) in [6, 6.07) is 17.7. The van der Waals surface area contributed by atoms with Crippen LogP contribution < -0.4 is 5.73 Å². The molecule has 136 valence electrons. The van der Waals surface area contributed by atoms with Gasteiger partial charge >= 0.3 is 0 Å². The highest BCUT2D eigenvalue weighted by atomic mass is 19.1. The summed E-state index contributed by atoms with van der Waals surface area (Å²) in [6.07, 6.45) is 3.02. The number of ether oxygens (including phenoxy) is 1. The fourth-order valence-corrected chi connectivity index (χ4v) is 3.83. The van der Waals surface area contributed by atoms with Crippen LogP contribution in [-0.2, 0) is 17.7 Å². The molecule has 0 atom stereocenters. The molecule has 2 heterocycles. The lowest BCUT2D eigenvalue weighted by Crippen LogP contribution is -2.51. The van der Waals surface area contributed by atoms with Crippen LogP contribution in [0.4, 0.5) is 4.39 Å². The van der Waals surface area contributed by atoms with Crippen LogP contribution in [0, 0.1) is 5.82 Å². The molecule has 5 rings (SSSR count). The molecule has 2 N–H and O–H groups in total. The van der Waals surface area contributed by atoms with Crippen molar-refractivity contribution < 1.29 is 9.13 Å². The number of nitrogens with zero attached hydrogens (tertiary/aromatic N) is 2. The average Bonchev–Trinajstić information content (AvgIpc) is 3.08. The Morgan fingerprint density at radius 1 is 1.04 bits per heavy atom. The van der Waals surface area contributed by atoms with Crippen LogP contribution in [0.2, 0.25) is 0 Å². The first-order chi connectivity index (χ1) is 12.6. The van der Waals surface area contributed by atoms with Gasteiger partial charge in [0.2, 0.25) is 0 Å². The van der Waals surface area contributed by atoms with Crippen LogP contribution in [0.3, 0.4) is 0 Å². The number of benzene rings is 2. The van der Waals surface area contributed by atoms with E-state index in [1.165, 1.54) is 23.3 Å². The first-order valence-corrected chi connectivity index (χ1v) is 9.14.